The Morgan fingerprint density at radius 1 is 0.786 bits per heavy atom. The summed E-state index contributed by atoms with van der Waals surface area (Å²) in [5.41, 5.74) is 5.23. The molecule has 8 rings (SSSR count). The minimum Gasteiger partial charge on any atom is -0.514 e. The number of nitrogens with zero attached hydrogens (tertiary/aromatic N) is 5. The average molecular weight is 728 g/mol. The van der Waals surface area contributed by atoms with Gasteiger partial charge in [0.1, 0.15) is 11.6 Å². The molecule has 4 aromatic carbocycles. The van der Waals surface area contributed by atoms with Crippen LogP contribution < -0.4 is 14.5 Å². The number of para-hydroxylation sites is 5. The predicted molar refractivity (Wildman–Crippen MR) is 166 cm³/mol. The van der Waals surface area contributed by atoms with Crippen LogP contribution in [0, 0.1) is 0 Å². The van der Waals surface area contributed by atoms with Crippen LogP contribution in [0.1, 0.15) is 19.4 Å². The number of hydrogen-bond acceptors (Lipinski definition) is 3. The Morgan fingerprint density at radius 3 is 2.36 bits per heavy atom. The van der Waals surface area contributed by atoms with E-state index in [-0.39, 0.29) is 26.8 Å². The molecule has 0 radical (unpaired) electrons. The minimum atomic E-state index is -0.467. The fourth-order valence-corrected chi connectivity index (χ4v) is 6.16. The molecule has 0 spiro atoms. The Morgan fingerprint density at radius 2 is 1.50 bits per heavy atom. The number of benzene rings is 4. The van der Waals surface area contributed by atoms with Gasteiger partial charge in [0.15, 0.2) is 12.2 Å². The normalized spacial score (nSPS) is 14.1. The van der Waals surface area contributed by atoms with E-state index in [0.29, 0.717) is 11.5 Å². The molecular weight excluding hydrogens is 701 g/mol. The topological polar surface area (TPSA) is 58.4 Å². The van der Waals surface area contributed by atoms with Crippen molar-refractivity contribution in [2.75, 3.05) is 4.90 Å². The summed E-state index contributed by atoms with van der Waals surface area (Å²) < 4.78 is 4.13. The predicted octanol–water partition coefficient (Wildman–Crippen LogP) is 7.49. The van der Waals surface area contributed by atoms with Crippen molar-refractivity contribution < 1.29 is 26.2 Å². The maximum absolute atomic E-state index is 10.8. The third kappa shape index (κ3) is 3.75. The van der Waals surface area contributed by atoms with Gasteiger partial charge in [-0.05, 0) is 70.4 Å². The summed E-state index contributed by atoms with van der Waals surface area (Å²) in [6, 6.07) is 38.4. The number of phenols is 1. The molecule has 42 heavy (non-hydrogen) atoms. The van der Waals surface area contributed by atoms with Gasteiger partial charge in [-0.1, -0.05) is 97.1 Å². The van der Waals surface area contributed by atoms with Crippen LogP contribution in [0.4, 0.5) is 17.2 Å². The summed E-state index contributed by atoms with van der Waals surface area (Å²) in [4.78, 5) is 12.2. The van der Waals surface area contributed by atoms with Gasteiger partial charge in [0.2, 0.25) is 0 Å². The molecule has 0 saturated heterocycles. The molecule has 206 valence electrons. The van der Waals surface area contributed by atoms with E-state index in [9.17, 15) is 5.11 Å². The monoisotopic (exact) mass is 727 g/mol. The van der Waals surface area contributed by atoms with Gasteiger partial charge in [-0.3, -0.25) is 0 Å². The van der Waals surface area contributed by atoms with Crippen LogP contribution >= 0.6 is 0 Å². The van der Waals surface area contributed by atoms with Crippen LogP contribution in [-0.2, 0) is 26.6 Å². The van der Waals surface area contributed by atoms with Gasteiger partial charge in [-0.2, -0.15) is 4.98 Å². The van der Waals surface area contributed by atoms with E-state index >= 15 is 0 Å². The second-order valence-corrected chi connectivity index (χ2v) is 10.9. The Labute approximate surface area is 257 Å². The number of hydrogen-bond donors (Lipinski definition) is 1. The zero-order chi connectivity index (χ0) is 27.7. The van der Waals surface area contributed by atoms with E-state index in [1.165, 1.54) is 0 Å². The van der Waals surface area contributed by atoms with Crippen LogP contribution in [0.3, 0.4) is 0 Å². The summed E-state index contributed by atoms with van der Waals surface area (Å²) in [6.07, 6.45) is 3.56. The summed E-state index contributed by atoms with van der Waals surface area (Å²) in [6.45, 7) is 4.28. The number of rotatable bonds is 3. The second-order valence-electron chi connectivity index (χ2n) is 10.9. The van der Waals surface area contributed by atoms with Crippen molar-refractivity contribution in [2.45, 2.75) is 19.4 Å². The van der Waals surface area contributed by atoms with Gasteiger partial charge < -0.3 is 24.1 Å². The Kier molecular flexibility index (Phi) is 6.07. The molecule has 7 heteroatoms. The fraction of sp³-hybridized carbons (Fsp3) is 0.0857. The third-order valence-electron chi connectivity index (χ3n) is 8.11. The van der Waals surface area contributed by atoms with Gasteiger partial charge in [0.05, 0.1) is 11.2 Å². The quantitative estimate of drug-likeness (QED) is 0.152. The first-order valence-electron chi connectivity index (χ1n) is 13.7. The number of pyridine rings is 1. The van der Waals surface area contributed by atoms with Crippen molar-refractivity contribution in [1.82, 2.24) is 19.1 Å². The number of aromatic nitrogens is 3. The second kappa shape index (κ2) is 9.71. The zero-order valence-corrected chi connectivity index (χ0v) is 25.2. The fourth-order valence-electron chi connectivity index (χ4n) is 6.16. The van der Waals surface area contributed by atoms with Crippen LogP contribution in [0.15, 0.2) is 115 Å². The Hall–Kier alpha value is -4.67. The first-order valence-corrected chi connectivity index (χ1v) is 13.7. The number of phenolic OH excluding ortho intramolecular Hbond substituents is 1. The molecule has 0 aliphatic carbocycles. The standard InChI is InChI=1S/C35H26N5O.Pt/c1-35(2)25-14-5-8-17-28(25)38(22-39(35)29-18-9-10-19-30(29)41)31-20-11-21-32(37-31)40-27-16-7-4-13-24(27)33-23-12-3-6-15-26(23)36-34(33)40;/h3-21,41H,1-2H3;/q-1;+2. The molecule has 0 amide bonds. The molecule has 1 aliphatic rings. The molecular formula is C35H26N5OPt+. The molecule has 3 aromatic heterocycles. The SMILES string of the molecule is CC1(C)c2ccccc2[N+](c2cccc(-n3c4ccccc4c4c5ccccc5[n-]c43)n2)=[C-]N1c1ccccc1O.[Pt+2]. The largest absolute Gasteiger partial charge is 2.00 e. The molecule has 0 saturated carbocycles. The van der Waals surface area contributed by atoms with Crippen molar-refractivity contribution in [3.05, 3.63) is 121 Å². The molecule has 7 aromatic rings. The molecule has 0 atom stereocenters. The van der Waals surface area contributed by atoms with Gasteiger partial charge in [0.25, 0.3) is 0 Å². The van der Waals surface area contributed by atoms with Gasteiger partial charge >= 0.3 is 21.1 Å². The average Bonchev–Trinajstić information content (AvgIpc) is 3.53. The first-order chi connectivity index (χ1) is 20.0. The van der Waals surface area contributed by atoms with Crippen LogP contribution in [0.5, 0.6) is 5.75 Å². The van der Waals surface area contributed by atoms with Gasteiger partial charge in [-0.15, -0.1) is 0 Å². The van der Waals surface area contributed by atoms with Crippen LogP contribution in [-0.4, -0.2) is 21.0 Å². The van der Waals surface area contributed by atoms with E-state index in [1.54, 1.807) is 6.07 Å². The number of anilines is 1. The zero-order valence-electron chi connectivity index (χ0n) is 23.0. The van der Waals surface area contributed by atoms with E-state index in [1.807, 2.05) is 64.1 Å². The van der Waals surface area contributed by atoms with Crippen molar-refractivity contribution in [3.63, 3.8) is 0 Å². The Bertz CT molecular complexity index is 2170. The van der Waals surface area contributed by atoms with Gasteiger partial charge in [-0.25, -0.2) is 0 Å². The molecule has 0 bridgehead atoms. The summed E-state index contributed by atoms with van der Waals surface area (Å²) in [7, 11) is 0. The van der Waals surface area contributed by atoms with Crippen molar-refractivity contribution in [2.24, 2.45) is 0 Å². The molecule has 0 unspecified atom stereocenters. The maximum Gasteiger partial charge on any atom is 2.00 e. The molecule has 1 N–H and O–H groups in total. The molecule has 1 aliphatic heterocycles. The molecule has 0 fully saturated rings. The smallest absolute Gasteiger partial charge is 0.514 e. The summed E-state index contributed by atoms with van der Waals surface area (Å²) >= 11 is 0. The van der Waals surface area contributed by atoms with E-state index in [0.717, 1.165) is 49.9 Å². The summed E-state index contributed by atoms with van der Waals surface area (Å²) in [5.74, 6) is 1.69. The molecule has 4 heterocycles. The summed E-state index contributed by atoms with van der Waals surface area (Å²) in [5, 5.41) is 14.2. The van der Waals surface area contributed by atoms with E-state index in [4.69, 9.17) is 9.97 Å². The third-order valence-corrected chi connectivity index (χ3v) is 8.11. The number of aromatic hydroxyl groups is 1. The Balaban J connectivity index is 0.00000288. The molecule has 6 nitrogen and oxygen atoms in total. The van der Waals surface area contributed by atoms with Gasteiger partial charge in [0, 0.05) is 5.69 Å². The number of fused-ring (bicyclic) bond motifs is 6. The van der Waals surface area contributed by atoms with Crippen molar-refractivity contribution >= 4 is 56.4 Å². The van der Waals surface area contributed by atoms with E-state index < -0.39 is 5.54 Å². The van der Waals surface area contributed by atoms with Crippen LogP contribution in [0.2, 0.25) is 0 Å². The maximum atomic E-state index is 10.8. The first kappa shape index (κ1) is 26.2. The van der Waals surface area contributed by atoms with Crippen molar-refractivity contribution in [3.8, 4) is 11.6 Å². The van der Waals surface area contributed by atoms with E-state index in [2.05, 4.69) is 79.4 Å². The minimum absolute atomic E-state index is 0. The van der Waals surface area contributed by atoms with Crippen LogP contribution in [0.25, 0.3) is 38.7 Å². The van der Waals surface area contributed by atoms with Crippen molar-refractivity contribution in [1.29, 1.82) is 0 Å².